The largest absolute Gasteiger partial charge is 0.497 e. The van der Waals surface area contributed by atoms with Gasteiger partial charge in [0.25, 0.3) is 0 Å². The normalized spacial score (nSPS) is 11.4. The summed E-state index contributed by atoms with van der Waals surface area (Å²) >= 11 is 0. The van der Waals surface area contributed by atoms with Crippen molar-refractivity contribution in [3.05, 3.63) is 40.2 Å². The Morgan fingerprint density at radius 2 is 2.24 bits per heavy atom. The Bertz CT molecular complexity index is 671. The van der Waals surface area contributed by atoms with Crippen molar-refractivity contribution in [2.45, 2.75) is 0 Å². The van der Waals surface area contributed by atoms with Crippen molar-refractivity contribution in [3.8, 4) is 17.0 Å². The highest BCUT2D eigenvalue weighted by Gasteiger charge is 2.12. The van der Waals surface area contributed by atoms with E-state index in [1.165, 1.54) is 0 Å². The Hall–Kier alpha value is -2.34. The Balaban J connectivity index is 2.27. The lowest BCUT2D eigenvalue weighted by molar-refractivity contribution is 0.393. The summed E-state index contributed by atoms with van der Waals surface area (Å²) in [4.78, 5) is 18.1. The molecule has 1 heterocycles. The third kappa shape index (κ3) is 3.82. The van der Waals surface area contributed by atoms with Crippen molar-refractivity contribution in [3.63, 3.8) is 0 Å². The van der Waals surface area contributed by atoms with Gasteiger partial charge in [0.15, 0.2) is 0 Å². The minimum atomic E-state index is -0.429. The van der Waals surface area contributed by atoms with E-state index in [0.717, 1.165) is 12.1 Å². The number of benzene rings is 1. The zero-order chi connectivity index (χ0) is 15.2. The first-order valence-electron chi connectivity index (χ1n) is 6.62. The van der Waals surface area contributed by atoms with Gasteiger partial charge >= 0.3 is 5.63 Å². The third-order valence-electron chi connectivity index (χ3n) is 2.99. The van der Waals surface area contributed by atoms with Gasteiger partial charge < -0.3 is 14.2 Å². The second-order valence-corrected chi connectivity index (χ2v) is 4.85. The van der Waals surface area contributed by atoms with Crippen LogP contribution in [0.2, 0.25) is 0 Å². The highest BCUT2D eigenvalue weighted by molar-refractivity contribution is 5.88. The molecule has 0 atom stereocenters. The van der Waals surface area contributed by atoms with Crippen molar-refractivity contribution in [2.75, 3.05) is 34.3 Å². The monoisotopic (exact) mass is 289 g/mol. The summed E-state index contributed by atoms with van der Waals surface area (Å²) < 4.78 is 10.1. The number of nitrogens with one attached hydrogen (secondary N) is 1. The van der Waals surface area contributed by atoms with Crippen LogP contribution in [0, 0.1) is 0 Å². The summed E-state index contributed by atoms with van der Waals surface area (Å²) in [6.45, 7) is 1.44. The molecular weight excluding hydrogens is 270 g/mol. The van der Waals surface area contributed by atoms with Gasteiger partial charge in [-0.3, -0.25) is 4.99 Å². The first-order chi connectivity index (χ1) is 10.1. The molecule has 1 aromatic carbocycles. The summed E-state index contributed by atoms with van der Waals surface area (Å²) in [6, 6.07) is 7.40. The van der Waals surface area contributed by atoms with Crippen molar-refractivity contribution in [1.29, 1.82) is 0 Å². The Morgan fingerprint density at radius 3 is 2.95 bits per heavy atom. The molecule has 0 spiro atoms. The molecule has 0 aliphatic heterocycles. The zero-order valence-electron chi connectivity index (χ0n) is 12.4. The van der Waals surface area contributed by atoms with Crippen molar-refractivity contribution < 1.29 is 9.26 Å². The fraction of sp³-hybridized carbons (Fsp3) is 0.333. The quantitative estimate of drug-likeness (QED) is 0.820. The third-order valence-corrected chi connectivity index (χ3v) is 2.99. The fourth-order valence-corrected chi connectivity index (χ4v) is 1.83. The SMILES string of the molecule is COc1cccc(-c2[nH]oc(=O)c2C=NCCN(C)C)c1. The minimum absolute atomic E-state index is 0.419. The number of likely N-dealkylation sites (N-methyl/N-ethyl adjacent to an activating group) is 1. The summed E-state index contributed by atoms with van der Waals surface area (Å²) in [6.07, 6.45) is 1.56. The van der Waals surface area contributed by atoms with Crippen LogP contribution in [-0.4, -0.2) is 50.6 Å². The highest BCUT2D eigenvalue weighted by atomic mass is 16.5. The number of H-pyrrole nitrogens is 1. The molecule has 6 nitrogen and oxygen atoms in total. The maximum atomic E-state index is 11.8. The van der Waals surface area contributed by atoms with E-state index in [2.05, 4.69) is 10.1 Å². The maximum absolute atomic E-state index is 11.8. The smallest absolute Gasteiger partial charge is 0.366 e. The van der Waals surface area contributed by atoms with Crippen LogP contribution >= 0.6 is 0 Å². The predicted octanol–water partition coefficient (Wildman–Crippen LogP) is 1.62. The van der Waals surface area contributed by atoms with Gasteiger partial charge in [0.05, 0.1) is 19.3 Å². The summed E-state index contributed by atoms with van der Waals surface area (Å²) in [5, 5.41) is 2.65. The van der Waals surface area contributed by atoms with Gasteiger partial charge in [-0.25, -0.2) is 9.95 Å². The van der Waals surface area contributed by atoms with Crippen LogP contribution < -0.4 is 10.4 Å². The van der Waals surface area contributed by atoms with Crippen LogP contribution in [0.1, 0.15) is 5.56 Å². The van der Waals surface area contributed by atoms with E-state index in [9.17, 15) is 4.79 Å². The van der Waals surface area contributed by atoms with E-state index in [-0.39, 0.29) is 0 Å². The molecule has 0 saturated heterocycles. The number of methoxy groups -OCH3 is 1. The van der Waals surface area contributed by atoms with Gasteiger partial charge in [-0.1, -0.05) is 12.1 Å². The van der Waals surface area contributed by atoms with Gasteiger partial charge in [-0.05, 0) is 26.2 Å². The van der Waals surface area contributed by atoms with E-state index in [0.29, 0.717) is 23.6 Å². The molecule has 0 saturated carbocycles. The Kier molecular flexibility index (Phi) is 4.94. The Morgan fingerprint density at radius 1 is 1.43 bits per heavy atom. The van der Waals surface area contributed by atoms with Gasteiger partial charge in [0.1, 0.15) is 11.3 Å². The molecule has 2 aromatic rings. The van der Waals surface area contributed by atoms with Gasteiger partial charge in [0.2, 0.25) is 0 Å². The molecule has 0 aliphatic carbocycles. The molecule has 0 radical (unpaired) electrons. The number of nitrogens with zero attached hydrogens (tertiary/aromatic N) is 2. The zero-order valence-corrected chi connectivity index (χ0v) is 12.4. The van der Waals surface area contributed by atoms with Crippen LogP contribution in [-0.2, 0) is 0 Å². The molecule has 0 bridgehead atoms. The average Bonchev–Trinajstić information content (AvgIpc) is 2.84. The standard InChI is InChI=1S/C15H19N3O3/c1-18(2)8-7-16-10-13-14(17-21-15(13)19)11-5-4-6-12(9-11)20-3/h4-6,9-10,17H,7-8H2,1-3H3. The van der Waals surface area contributed by atoms with Crippen molar-refractivity contribution >= 4 is 6.21 Å². The van der Waals surface area contributed by atoms with Crippen LogP contribution in [0.3, 0.4) is 0 Å². The predicted molar refractivity (Wildman–Crippen MR) is 82.3 cm³/mol. The molecule has 1 aromatic heterocycles. The molecular formula is C15H19N3O3. The second-order valence-electron chi connectivity index (χ2n) is 4.85. The van der Waals surface area contributed by atoms with E-state index in [4.69, 9.17) is 9.26 Å². The summed E-state index contributed by atoms with van der Waals surface area (Å²) in [5.41, 5.74) is 1.41. The van der Waals surface area contributed by atoms with Crippen molar-refractivity contribution in [2.24, 2.45) is 4.99 Å². The first kappa shape index (κ1) is 15.1. The lowest BCUT2D eigenvalue weighted by Crippen LogP contribution is -2.15. The topological polar surface area (TPSA) is 70.8 Å². The molecule has 2 rings (SSSR count). The molecule has 0 unspecified atom stereocenters. The molecule has 112 valence electrons. The van der Waals surface area contributed by atoms with E-state index < -0.39 is 5.63 Å². The molecule has 1 N–H and O–H groups in total. The summed E-state index contributed by atoms with van der Waals surface area (Å²) in [5.74, 6) is 0.713. The van der Waals surface area contributed by atoms with E-state index in [1.807, 2.05) is 43.3 Å². The van der Waals surface area contributed by atoms with Crippen LogP contribution in [0.4, 0.5) is 0 Å². The number of ether oxygens (including phenoxy) is 1. The second kappa shape index (κ2) is 6.90. The van der Waals surface area contributed by atoms with Crippen LogP contribution in [0.15, 0.2) is 38.6 Å². The van der Waals surface area contributed by atoms with Gasteiger partial charge in [-0.15, -0.1) is 0 Å². The van der Waals surface area contributed by atoms with Gasteiger partial charge in [-0.2, -0.15) is 0 Å². The molecule has 0 aliphatic rings. The number of hydrogen-bond acceptors (Lipinski definition) is 5. The number of rotatable bonds is 6. The molecule has 0 amide bonds. The van der Waals surface area contributed by atoms with Gasteiger partial charge in [0, 0.05) is 18.3 Å². The molecule has 6 heteroatoms. The molecule has 0 fully saturated rings. The minimum Gasteiger partial charge on any atom is -0.497 e. The van der Waals surface area contributed by atoms with E-state index in [1.54, 1.807) is 13.3 Å². The average molecular weight is 289 g/mol. The summed E-state index contributed by atoms with van der Waals surface area (Å²) in [7, 11) is 5.55. The van der Waals surface area contributed by atoms with Crippen LogP contribution in [0.5, 0.6) is 5.75 Å². The lowest BCUT2D eigenvalue weighted by Gasteiger charge is -2.05. The Labute approximate surface area is 123 Å². The highest BCUT2D eigenvalue weighted by Crippen LogP contribution is 2.23. The number of aromatic amines is 1. The maximum Gasteiger partial charge on any atom is 0.366 e. The van der Waals surface area contributed by atoms with Crippen LogP contribution in [0.25, 0.3) is 11.3 Å². The first-order valence-corrected chi connectivity index (χ1v) is 6.62. The van der Waals surface area contributed by atoms with E-state index >= 15 is 0 Å². The number of hydrogen-bond donors (Lipinski definition) is 1. The number of aromatic nitrogens is 1. The van der Waals surface area contributed by atoms with Crippen molar-refractivity contribution in [1.82, 2.24) is 10.1 Å². The lowest BCUT2D eigenvalue weighted by atomic mass is 10.1. The molecule has 21 heavy (non-hydrogen) atoms. The fourth-order valence-electron chi connectivity index (χ4n) is 1.83. The number of aliphatic imine (C=N–C) groups is 1.